The normalized spacial score (nSPS) is 23.6. The molecule has 0 spiro atoms. The maximum Gasteiger partial charge on any atom is 0.321 e. The van der Waals surface area contributed by atoms with Gasteiger partial charge in [-0.2, -0.15) is 0 Å². The first kappa shape index (κ1) is 17.5. The summed E-state index contributed by atoms with van der Waals surface area (Å²) in [6.45, 7) is 5.95. The minimum absolute atomic E-state index is 0.152. The number of hydrogen-bond donors (Lipinski definition) is 2. The standard InChI is InChI=1S/C19H22N4O4/c1-19(2)9-22(10-19)18(27)20-12-3-4-13-11(7-12)8-23(17(13)26)14-5-6-15(24)21-16(14)25/h3-4,7,14H,5-6,8-10H2,1-2H3,(H,20,27)(H,21,24,25). The summed E-state index contributed by atoms with van der Waals surface area (Å²) >= 11 is 0. The van der Waals surface area contributed by atoms with Crippen molar-refractivity contribution < 1.29 is 19.2 Å². The SMILES string of the molecule is CC1(C)CN(C(=O)Nc2ccc3c(c2)CN(C2CCC(=O)NC2=O)C3=O)C1. The highest BCUT2D eigenvalue weighted by Gasteiger charge is 2.40. The highest BCUT2D eigenvalue weighted by Crippen LogP contribution is 2.31. The second-order valence-electron chi connectivity index (χ2n) is 8.22. The van der Waals surface area contributed by atoms with Gasteiger partial charge in [0.05, 0.1) is 0 Å². The van der Waals surface area contributed by atoms with Gasteiger partial charge in [0, 0.05) is 42.7 Å². The van der Waals surface area contributed by atoms with Crippen molar-refractivity contribution in [3.8, 4) is 0 Å². The van der Waals surface area contributed by atoms with Crippen molar-refractivity contribution >= 4 is 29.4 Å². The largest absolute Gasteiger partial charge is 0.323 e. The molecule has 2 fully saturated rings. The lowest BCUT2D eigenvalue weighted by atomic mass is 9.85. The summed E-state index contributed by atoms with van der Waals surface area (Å²) in [5.41, 5.74) is 2.08. The summed E-state index contributed by atoms with van der Waals surface area (Å²) < 4.78 is 0. The number of hydrogen-bond acceptors (Lipinski definition) is 4. The van der Waals surface area contributed by atoms with Gasteiger partial charge >= 0.3 is 6.03 Å². The van der Waals surface area contributed by atoms with Gasteiger partial charge in [0.2, 0.25) is 11.8 Å². The summed E-state index contributed by atoms with van der Waals surface area (Å²) in [6.07, 6.45) is 0.558. The molecule has 3 aliphatic rings. The first-order valence-corrected chi connectivity index (χ1v) is 9.07. The number of fused-ring (bicyclic) bond motifs is 1. The number of nitrogens with one attached hydrogen (secondary N) is 2. The molecule has 1 aromatic rings. The number of likely N-dealkylation sites (tertiary alicyclic amines) is 1. The molecule has 27 heavy (non-hydrogen) atoms. The number of anilines is 1. The van der Waals surface area contributed by atoms with Gasteiger partial charge in [-0.05, 0) is 30.2 Å². The molecular weight excluding hydrogens is 348 g/mol. The monoisotopic (exact) mass is 370 g/mol. The second-order valence-corrected chi connectivity index (χ2v) is 8.22. The predicted molar refractivity (Wildman–Crippen MR) is 96.9 cm³/mol. The van der Waals surface area contributed by atoms with Gasteiger partial charge in [-0.1, -0.05) is 13.8 Å². The Morgan fingerprint density at radius 1 is 1.22 bits per heavy atom. The third-order valence-corrected chi connectivity index (χ3v) is 5.30. The van der Waals surface area contributed by atoms with Crippen molar-refractivity contribution in [3.63, 3.8) is 0 Å². The lowest BCUT2D eigenvalue weighted by molar-refractivity contribution is -0.136. The van der Waals surface area contributed by atoms with Crippen LogP contribution in [0, 0.1) is 5.41 Å². The van der Waals surface area contributed by atoms with Crippen LogP contribution < -0.4 is 10.6 Å². The van der Waals surface area contributed by atoms with E-state index in [1.165, 1.54) is 4.90 Å². The van der Waals surface area contributed by atoms with Crippen LogP contribution in [0.2, 0.25) is 0 Å². The number of urea groups is 1. The van der Waals surface area contributed by atoms with Crippen molar-refractivity contribution in [2.45, 2.75) is 39.3 Å². The predicted octanol–water partition coefficient (Wildman–Crippen LogP) is 1.32. The highest BCUT2D eigenvalue weighted by molar-refractivity contribution is 6.05. The quantitative estimate of drug-likeness (QED) is 0.767. The van der Waals surface area contributed by atoms with E-state index in [2.05, 4.69) is 24.5 Å². The van der Waals surface area contributed by atoms with E-state index in [1.807, 2.05) is 0 Å². The average molecular weight is 370 g/mol. The number of imide groups is 1. The molecule has 0 saturated carbocycles. The maximum atomic E-state index is 12.7. The molecule has 4 rings (SSSR count). The molecule has 3 heterocycles. The molecule has 142 valence electrons. The smallest absolute Gasteiger partial charge is 0.321 e. The van der Waals surface area contributed by atoms with Crippen LogP contribution in [0.15, 0.2) is 18.2 Å². The third kappa shape index (κ3) is 3.15. The number of amides is 5. The van der Waals surface area contributed by atoms with Crippen molar-refractivity contribution in [2.75, 3.05) is 18.4 Å². The molecule has 8 nitrogen and oxygen atoms in total. The third-order valence-electron chi connectivity index (χ3n) is 5.30. The molecule has 1 unspecified atom stereocenters. The summed E-state index contributed by atoms with van der Waals surface area (Å²) in [7, 11) is 0. The van der Waals surface area contributed by atoms with Gasteiger partial charge < -0.3 is 15.1 Å². The van der Waals surface area contributed by atoms with E-state index >= 15 is 0 Å². The molecule has 8 heteroatoms. The molecule has 1 aromatic carbocycles. The lowest BCUT2D eigenvalue weighted by Gasteiger charge is -2.45. The van der Waals surface area contributed by atoms with Crippen LogP contribution >= 0.6 is 0 Å². The number of nitrogens with zero attached hydrogens (tertiary/aromatic N) is 2. The van der Waals surface area contributed by atoms with E-state index < -0.39 is 11.9 Å². The van der Waals surface area contributed by atoms with Crippen LogP contribution in [0.4, 0.5) is 10.5 Å². The van der Waals surface area contributed by atoms with E-state index in [1.54, 1.807) is 23.1 Å². The fraction of sp³-hybridized carbons (Fsp3) is 0.474. The van der Waals surface area contributed by atoms with E-state index in [4.69, 9.17) is 0 Å². The molecule has 0 aromatic heterocycles. The molecule has 5 amide bonds. The zero-order valence-corrected chi connectivity index (χ0v) is 15.4. The first-order valence-electron chi connectivity index (χ1n) is 9.07. The first-order chi connectivity index (χ1) is 12.7. The maximum absolute atomic E-state index is 12.7. The van der Waals surface area contributed by atoms with E-state index in [0.717, 1.165) is 5.56 Å². The minimum Gasteiger partial charge on any atom is -0.323 e. The van der Waals surface area contributed by atoms with Crippen LogP contribution in [0.1, 0.15) is 42.6 Å². The molecular formula is C19H22N4O4. The van der Waals surface area contributed by atoms with Crippen molar-refractivity contribution in [3.05, 3.63) is 29.3 Å². The Kier molecular flexibility index (Phi) is 3.94. The van der Waals surface area contributed by atoms with Gasteiger partial charge in [-0.3, -0.25) is 19.7 Å². The van der Waals surface area contributed by atoms with Gasteiger partial charge in [0.15, 0.2) is 0 Å². The Bertz CT molecular complexity index is 855. The zero-order chi connectivity index (χ0) is 19.3. The van der Waals surface area contributed by atoms with Crippen LogP contribution in [0.25, 0.3) is 0 Å². The highest BCUT2D eigenvalue weighted by atomic mass is 16.2. The average Bonchev–Trinajstić information content (AvgIpc) is 2.89. The molecule has 2 saturated heterocycles. The van der Waals surface area contributed by atoms with Gasteiger partial charge in [-0.15, -0.1) is 0 Å². The topological polar surface area (TPSA) is 98.8 Å². The Hall–Kier alpha value is -2.90. The molecule has 0 aliphatic carbocycles. The summed E-state index contributed by atoms with van der Waals surface area (Å²) in [5.74, 6) is -0.956. The Morgan fingerprint density at radius 3 is 2.63 bits per heavy atom. The fourth-order valence-electron chi connectivity index (χ4n) is 3.99. The Labute approximate surface area is 156 Å². The van der Waals surface area contributed by atoms with Crippen molar-refractivity contribution in [2.24, 2.45) is 5.41 Å². The molecule has 0 bridgehead atoms. The number of carbonyl (C=O) groups excluding carboxylic acids is 4. The number of carbonyl (C=O) groups is 4. The summed E-state index contributed by atoms with van der Waals surface area (Å²) in [6, 6.07) is 4.37. The van der Waals surface area contributed by atoms with Gasteiger partial charge in [0.1, 0.15) is 6.04 Å². The van der Waals surface area contributed by atoms with Crippen LogP contribution in [-0.4, -0.2) is 52.7 Å². The summed E-state index contributed by atoms with van der Waals surface area (Å²) in [5, 5.41) is 5.16. The number of piperidine rings is 1. The van der Waals surface area contributed by atoms with Crippen molar-refractivity contribution in [1.82, 2.24) is 15.1 Å². The van der Waals surface area contributed by atoms with Crippen LogP contribution in [0.5, 0.6) is 0 Å². The fourth-order valence-corrected chi connectivity index (χ4v) is 3.99. The van der Waals surface area contributed by atoms with Crippen LogP contribution in [0.3, 0.4) is 0 Å². The molecule has 2 N–H and O–H groups in total. The van der Waals surface area contributed by atoms with Crippen molar-refractivity contribution in [1.29, 1.82) is 0 Å². The second kappa shape index (κ2) is 6.07. The summed E-state index contributed by atoms with van der Waals surface area (Å²) in [4.78, 5) is 51.6. The van der Waals surface area contributed by atoms with Gasteiger partial charge in [-0.25, -0.2) is 4.79 Å². The zero-order valence-electron chi connectivity index (χ0n) is 15.4. The number of rotatable bonds is 2. The number of benzene rings is 1. The Morgan fingerprint density at radius 2 is 1.96 bits per heavy atom. The van der Waals surface area contributed by atoms with Crippen LogP contribution in [-0.2, 0) is 16.1 Å². The van der Waals surface area contributed by atoms with E-state index in [-0.39, 0.29) is 29.7 Å². The lowest BCUT2D eigenvalue weighted by Crippen LogP contribution is -2.56. The molecule has 3 aliphatic heterocycles. The minimum atomic E-state index is -0.635. The van der Waals surface area contributed by atoms with E-state index in [9.17, 15) is 19.2 Å². The molecule has 1 atom stereocenters. The van der Waals surface area contributed by atoms with E-state index in [0.29, 0.717) is 37.3 Å². The Balaban J connectivity index is 1.45. The van der Waals surface area contributed by atoms with Gasteiger partial charge in [0.25, 0.3) is 5.91 Å². The molecule has 0 radical (unpaired) electrons.